The van der Waals surface area contributed by atoms with Gasteiger partial charge in [-0.1, -0.05) is 0 Å². The predicted molar refractivity (Wildman–Crippen MR) is 41.6 cm³/mol. The van der Waals surface area contributed by atoms with Crippen molar-refractivity contribution in [3.05, 3.63) is 0 Å². The van der Waals surface area contributed by atoms with E-state index in [1.165, 1.54) is 0 Å². The number of rotatable bonds is 4. The van der Waals surface area contributed by atoms with Gasteiger partial charge >= 0.3 is 0 Å². The Balaban J connectivity index is 2.17. The molecule has 1 aliphatic heterocycles. The van der Waals surface area contributed by atoms with E-state index in [-0.39, 0.29) is 0 Å². The fraction of sp³-hybridized carbons (Fsp3) is 1.00. The lowest BCUT2D eigenvalue weighted by Crippen LogP contribution is -2.33. The average molecular weight is 196 g/mol. The third-order valence-corrected chi connectivity index (χ3v) is 1.85. The van der Waals surface area contributed by atoms with Gasteiger partial charge in [0.05, 0.1) is 0 Å². The van der Waals surface area contributed by atoms with E-state index in [0.717, 1.165) is 12.8 Å². The number of ether oxygens (including phenoxy) is 2. The second-order valence-electron chi connectivity index (χ2n) is 3.12. The maximum Gasteiger partial charge on any atom is 0.293 e. The molecule has 0 aromatic rings. The number of hydrogen-bond acceptors (Lipinski definition) is 3. The molecule has 1 N–H and O–H groups in total. The van der Waals surface area contributed by atoms with E-state index in [4.69, 9.17) is 14.6 Å². The van der Waals surface area contributed by atoms with Crippen LogP contribution in [-0.2, 0) is 9.47 Å². The van der Waals surface area contributed by atoms with Gasteiger partial charge in [0.2, 0.25) is 0 Å². The number of hydrogen-bond donors (Lipinski definition) is 1. The van der Waals surface area contributed by atoms with Crippen molar-refractivity contribution in [1.82, 2.24) is 0 Å². The van der Waals surface area contributed by atoms with Crippen LogP contribution in [0.15, 0.2) is 0 Å². The SMILES string of the molecule is OCC(F)(F)CO[C@@H]1CCCCO1. The van der Waals surface area contributed by atoms with E-state index in [9.17, 15) is 8.78 Å². The topological polar surface area (TPSA) is 38.7 Å². The van der Waals surface area contributed by atoms with E-state index in [2.05, 4.69) is 0 Å². The Labute approximate surface area is 75.6 Å². The largest absolute Gasteiger partial charge is 0.390 e. The lowest BCUT2D eigenvalue weighted by atomic mass is 10.2. The zero-order valence-corrected chi connectivity index (χ0v) is 7.34. The molecule has 1 rings (SSSR count). The summed E-state index contributed by atoms with van der Waals surface area (Å²) in [7, 11) is 0. The number of aliphatic hydroxyl groups is 1. The summed E-state index contributed by atoms with van der Waals surface area (Å²) >= 11 is 0. The first kappa shape index (κ1) is 10.8. The maximum atomic E-state index is 12.5. The Hall–Kier alpha value is -0.260. The minimum absolute atomic E-state index is 0.522. The highest BCUT2D eigenvalue weighted by molar-refractivity contribution is 4.63. The highest BCUT2D eigenvalue weighted by Crippen LogP contribution is 2.18. The van der Waals surface area contributed by atoms with Crippen LogP contribution in [-0.4, -0.2) is 37.1 Å². The second-order valence-corrected chi connectivity index (χ2v) is 3.12. The van der Waals surface area contributed by atoms with Crippen molar-refractivity contribution in [2.24, 2.45) is 0 Å². The molecule has 0 bridgehead atoms. The molecule has 0 radical (unpaired) electrons. The molecular formula is C8H14F2O3. The van der Waals surface area contributed by atoms with Gasteiger partial charge in [0.1, 0.15) is 13.2 Å². The van der Waals surface area contributed by atoms with Gasteiger partial charge in [-0.2, -0.15) is 0 Å². The van der Waals surface area contributed by atoms with Gasteiger partial charge in [-0.15, -0.1) is 0 Å². The fourth-order valence-electron chi connectivity index (χ4n) is 1.10. The molecule has 0 aromatic carbocycles. The highest BCUT2D eigenvalue weighted by Gasteiger charge is 2.30. The predicted octanol–water partition coefficient (Wildman–Crippen LogP) is 1.16. The van der Waals surface area contributed by atoms with Gasteiger partial charge in [-0.3, -0.25) is 0 Å². The first-order valence-electron chi connectivity index (χ1n) is 4.36. The van der Waals surface area contributed by atoms with Crippen LogP contribution in [0.25, 0.3) is 0 Å². The van der Waals surface area contributed by atoms with Crippen LogP contribution in [0, 0.1) is 0 Å². The van der Waals surface area contributed by atoms with E-state index in [1.54, 1.807) is 0 Å². The van der Waals surface area contributed by atoms with Crippen molar-refractivity contribution in [2.45, 2.75) is 31.5 Å². The maximum absolute atomic E-state index is 12.5. The molecule has 0 unspecified atom stereocenters. The van der Waals surface area contributed by atoms with Crippen molar-refractivity contribution in [2.75, 3.05) is 19.8 Å². The molecule has 78 valence electrons. The van der Waals surface area contributed by atoms with Crippen molar-refractivity contribution in [3.63, 3.8) is 0 Å². The summed E-state index contributed by atoms with van der Waals surface area (Å²) in [6.45, 7) is -1.39. The lowest BCUT2D eigenvalue weighted by Gasteiger charge is -2.24. The Bertz CT molecular complexity index is 146. The first-order chi connectivity index (χ1) is 6.14. The van der Waals surface area contributed by atoms with Gasteiger partial charge in [0.15, 0.2) is 6.29 Å². The molecule has 13 heavy (non-hydrogen) atoms. The summed E-state index contributed by atoms with van der Waals surface area (Å²) in [5, 5.41) is 8.25. The van der Waals surface area contributed by atoms with Crippen LogP contribution < -0.4 is 0 Å². The quantitative estimate of drug-likeness (QED) is 0.733. The van der Waals surface area contributed by atoms with E-state index < -0.39 is 25.4 Å². The number of halogens is 2. The molecule has 0 aromatic heterocycles. The average Bonchev–Trinajstić information content (AvgIpc) is 2.17. The summed E-state index contributed by atoms with van der Waals surface area (Å²) < 4.78 is 34.8. The Kier molecular flexibility index (Phi) is 4.02. The van der Waals surface area contributed by atoms with E-state index in [1.807, 2.05) is 0 Å². The summed E-state index contributed by atoms with van der Waals surface area (Å²) in [6, 6.07) is 0. The minimum atomic E-state index is -3.15. The van der Waals surface area contributed by atoms with Gasteiger partial charge in [0.25, 0.3) is 5.92 Å². The minimum Gasteiger partial charge on any atom is -0.390 e. The van der Waals surface area contributed by atoms with Crippen LogP contribution in [0.4, 0.5) is 8.78 Å². The molecule has 1 fully saturated rings. The van der Waals surface area contributed by atoms with Crippen molar-refractivity contribution in [3.8, 4) is 0 Å². The van der Waals surface area contributed by atoms with Gasteiger partial charge < -0.3 is 14.6 Å². The van der Waals surface area contributed by atoms with Crippen LogP contribution >= 0.6 is 0 Å². The molecular weight excluding hydrogens is 182 g/mol. The van der Waals surface area contributed by atoms with Crippen molar-refractivity contribution < 1.29 is 23.4 Å². The van der Waals surface area contributed by atoms with Crippen molar-refractivity contribution >= 4 is 0 Å². The highest BCUT2D eigenvalue weighted by atomic mass is 19.3. The molecule has 0 saturated carbocycles. The molecule has 1 aliphatic rings. The number of alkyl halides is 2. The van der Waals surface area contributed by atoms with Crippen LogP contribution in [0.1, 0.15) is 19.3 Å². The zero-order chi connectivity index (χ0) is 9.73. The smallest absolute Gasteiger partial charge is 0.293 e. The molecule has 1 saturated heterocycles. The van der Waals surface area contributed by atoms with E-state index in [0.29, 0.717) is 13.0 Å². The molecule has 0 aliphatic carbocycles. The Morgan fingerprint density at radius 3 is 2.77 bits per heavy atom. The first-order valence-corrected chi connectivity index (χ1v) is 4.36. The summed E-state index contributed by atoms with van der Waals surface area (Å²) in [4.78, 5) is 0. The molecule has 0 spiro atoms. The second kappa shape index (κ2) is 4.83. The van der Waals surface area contributed by atoms with Crippen molar-refractivity contribution in [1.29, 1.82) is 0 Å². The van der Waals surface area contributed by atoms with Crippen LogP contribution in [0.3, 0.4) is 0 Å². The lowest BCUT2D eigenvalue weighted by molar-refractivity contribution is -0.206. The van der Waals surface area contributed by atoms with Gasteiger partial charge in [-0.05, 0) is 19.3 Å². The molecule has 3 nitrogen and oxygen atoms in total. The molecule has 1 heterocycles. The van der Waals surface area contributed by atoms with Crippen LogP contribution in [0.5, 0.6) is 0 Å². The Morgan fingerprint density at radius 2 is 2.23 bits per heavy atom. The van der Waals surface area contributed by atoms with Gasteiger partial charge in [-0.25, -0.2) is 8.78 Å². The molecule has 1 atom stereocenters. The van der Waals surface area contributed by atoms with Gasteiger partial charge in [0, 0.05) is 6.61 Å². The molecule has 0 amide bonds. The normalized spacial score (nSPS) is 24.7. The zero-order valence-electron chi connectivity index (χ0n) is 7.34. The monoisotopic (exact) mass is 196 g/mol. The fourth-order valence-corrected chi connectivity index (χ4v) is 1.10. The standard InChI is InChI=1S/C8H14F2O3/c9-8(10,5-11)6-13-7-3-1-2-4-12-7/h7,11H,1-6H2/t7-/m1/s1. The number of aliphatic hydroxyl groups excluding tert-OH is 1. The van der Waals surface area contributed by atoms with E-state index >= 15 is 0 Å². The summed E-state index contributed by atoms with van der Waals surface area (Å²) in [5.41, 5.74) is 0. The summed E-state index contributed by atoms with van der Waals surface area (Å²) in [6.07, 6.45) is 2.03. The Morgan fingerprint density at radius 1 is 1.46 bits per heavy atom. The van der Waals surface area contributed by atoms with Crippen LogP contribution in [0.2, 0.25) is 0 Å². The third-order valence-electron chi connectivity index (χ3n) is 1.85. The molecule has 5 heteroatoms. The third kappa shape index (κ3) is 3.97. The summed E-state index contributed by atoms with van der Waals surface area (Å²) in [5.74, 6) is -3.15.